The summed E-state index contributed by atoms with van der Waals surface area (Å²) in [5.41, 5.74) is 2.52. The van der Waals surface area contributed by atoms with Crippen LogP contribution in [-0.2, 0) is 0 Å². The molecular formula is C20H23N5OS2. The highest BCUT2D eigenvalue weighted by molar-refractivity contribution is 7.16. The zero-order valence-electron chi connectivity index (χ0n) is 16.0. The van der Waals surface area contributed by atoms with E-state index in [0.717, 1.165) is 39.2 Å². The number of rotatable bonds is 5. The van der Waals surface area contributed by atoms with Crippen LogP contribution in [0.2, 0.25) is 0 Å². The highest BCUT2D eigenvalue weighted by Crippen LogP contribution is 2.32. The van der Waals surface area contributed by atoms with Gasteiger partial charge in [0.15, 0.2) is 5.13 Å². The fourth-order valence-electron chi connectivity index (χ4n) is 3.43. The third kappa shape index (κ3) is 4.39. The summed E-state index contributed by atoms with van der Waals surface area (Å²) in [6.07, 6.45) is 7.43. The average molecular weight is 414 g/mol. The maximum atomic E-state index is 12.4. The van der Waals surface area contributed by atoms with Crippen LogP contribution in [0.3, 0.4) is 0 Å². The fraction of sp³-hybridized carbons (Fsp3) is 0.400. The lowest BCUT2D eigenvalue weighted by Crippen LogP contribution is -2.36. The first-order valence-electron chi connectivity index (χ1n) is 9.52. The maximum Gasteiger partial charge on any atom is 0.253 e. The number of aryl methyl sites for hydroxylation is 2. The summed E-state index contributed by atoms with van der Waals surface area (Å²) < 4.78 is 0. The van der Waals surface area contributed by atoms with Gasteiger partial charge in [-0.1, -0.05) is 19.3 Å². The van der Waals surface area contributed by atoms with Crippen LogP contribution in [0.15, 0.2) is 23.7 Å². The molecule has 1 aliphatic rings. The molecule has 0 atom stereocenters. The van der Waals surface area contributed by atoms with E-state index in [0.29, 0.717) is 17.4 Å². The normalized spacial score (nSPS) is 14.8. The number of nitrogens with one attached hydrogen (secondary N) is 2. The highest BCUT2D eigenvalue weighted by atomic mass is 32.1. The van der Waals surface area contributed by atoms with Crippen LogP contribution in [0, 0.1) is 13.8 Å². The molecule has 0 radical (unpaired) electrons. The molecule has 1 aliphatic carbocycles. The summed E-state index contributed by atoms with van der Waals surface area (Å²) in [4.78, 5) is 27.0. The van der Waals surface area contributed by atoms with Gasteiger partial charge in [0.25, 0.3) is 5.91 Å². The molecule has 3 heterocycles. The van der Waals surface area contributed by atoms with Gasteiger partial charge in [-0.2, -0.15) is 0 Å². The molecule has 146 valence electrons. The van der Waals surface area contributed by atoms with Crippen molar-refractivity contribution in [3.63, 3.8) is 0 Å². The van der Waals surface area contributed by atoms with Crippen molar-refractivity contribution in [2.75, 3.05) is 5.32 Å². The molecule has 0 aromatic carbocycles. The van der Waals surface area contributed by atoms with Gasteiger partial charge in [-0.05, 0) is 38.8 Å². The summed E-state index contributed by atoms with van der Waals surface area (Å²) >= 11 is 3.18. The van der Waals surface area contributed by atoms with E-state index in [1.54, 1.807) is 23.6 Å². The number of aromatic nitrogens is 3. The predicted molar refractivity (Wildman–Crippen MR) is 115 cm³/mol. The summed E-state index contributed by atoms with van der Waals surface area (Å²) in [7, 11) is 0. The summed E-state index contributed by atoms with van der Waals surface area (Å²) in [5, 5.41) is 10.2. The zero-order chi connectivity index (χ0) is 19.5. The average Bonchev–Trinajstić information content (AvgIpc) is 3.28. The summed E-state index contributed by atoms with van der Waals surface area (Å²) in [6, 6.07) is 3.92. The van der Waals surface area contributed by atoms with Gasteiger partial charge in [0.1, 0.15) is 5.82 Å². The Bertz CT molecular complexity index is 957. The second kappa shape index (κ2) is 8.36. The molecule has 28 heavy (non-hydrogen) atoms. The molecule has 1 fully saturated rings. The number of carbonyl (C=O) groups is 1. The molecule has 3 aromatic heterocycles. The number of thiazole rings is 2. The Morgan fingerprint density at radius 2 is 1.96 bits per heavy atom. The minimum absolute atomic E-state index is 0.0430. The van der Waals surface area contributed by atoms with Crippen LogP contribution in [0.5, 0.6) is 0 Å². The number of anilines is 2. The van der Waals surface area contributed by atoms with Gasteiger partial charge in [-0.3, -0.25) is 4.79 Å². The molecule has 0 saturated heterocycles. The first-order chi connectivity index (χ1) is 13.6. The van der Waals surface area contributed by atoms with E-state index in [2.05, 4.69) is 25.6 Å². The molecule has 0 unspecified atom stereocenters. The lowest BCUT2D eigenvalue weighted by Gasteiger charge is -2.22. The molecule has 4 rings (SSSR count). The van der Waals surface area contributed by atoms with Crippen molar-refractivity contribution >= 4 is 39.5 Å². The molecule has 1 saturated carbocycles. The Balaban J connectivity index is 1.39. The van der Waals surface area contributed by atoms with Crippen LogP contribution >= 0.6 is 22.7 Å². The van der Waals surface area contributed by atoms with E-state index in [1.807, 2.05) is 25.3 Å². The van der Waals surface area contributed by atoms with E-state index < -0.39 is 0 Å². The monoisotopic (exact) mass is 413 g/mol. The molecule has 6 nitrogen and oxygen atoms in total. The van der Waals surface area contributed by atoms with Crippen LogP contribution in [0.4, 0.5) is 10.9 Å². The van der Waals surface area contributed by atoms with Crippen LogP contribution < -0.4 is 10.6 Å². The number of nitrogens with zero attached hydrogens (tertiary/aromatic N) is 3. The lowest BCUT2D eigenvalue weighted by atomic mass is 9.95. The van der Waals surface area contributed by atoms with E-state index in [1.165, 1.54) is 30.6 Å². The molecule has 0 spiro atoms. The van der Waals surface area contributed by atoms with Gasteiger partial charge in [-0.15, -0.1) is 22.7 Å². The van der Waals surface area contributed by atoms with Crippen LogP contribution in [-0.4, -0.2) is 26.9 Å². The van der Waals surface area contributed by atoms with Crippen molar-refractivity contribution in [2.24, 2.45) is 0 Å². The molecule has 8 heteroatoms. The summed E-state index contributed by atoms with van der Waals surface area (Å²) in [6.45, 7) is 4.01. The smallest absolute Gasteiger partial charge is 0.253 e. The van der Waals surface area contributed by atoms with Crippen LogP contribution in [0.1, 0.15) is 53.2 Å². The Morgan fingerprint density at radius 3 is 2.64 bits per heavy atom. The van der Waals surface area contributed by atoms with E-state index in [4.69, 9.17) is 0 Å². The second-order valence-corrected chi connectivity index (χ2v) is 9.11. The molecule has 0 aliphatic heterocycles. The predicted octanol–water partition coefficient (Wildman–Crippen LogP) is 5.08. The number of hydrogen-bond donors (Lipinski definition) is 2. The van der Waals surface area contributed by atoms with E-state index >= 15 is 0 Å². The van der Waals surface area contributed by atoms with Crippen molar-refractivity contribution in [3.05, 3.63) is 40.0 Å². The van der Waals surface area contributed by atoms with Gasteiger partial charge in [0, 0.05) is 17.6 Å². The van der Waals surface area contributed by atoms with Gasteiger partial charge >= 0.3 is 0 Å². The first kappa shape index (κ1) is 19.0. The molecule has 1 amide bonds. The molecule has 0 bridgehead atoms. The van der Waals surface area contributed by atoms with Crippen molar-refractivity contribution in [1.82, 2.24) is 20.3 Å². The number of hydrogen-bond acceptors (Lipinski definition) is 7. The third-order valence-corrected chi connectivity index (χ3v) is 6.69. The Morgan fingerprint density at radius 1 is 1.14 bits per heavy atom. The number of amides is 1. The maximum absolute atomic E-state index is 12.4. The first-order valence-corrected chi connectivity index (χ1v) is 11.2. The van der Waals surface area contributed by atoms with Crippen molar-refractivity contribution in [2.45, 2.75) is 52.0 Å². The number of carbonyl (C=O) groups excluding carboxylic acids is 1. The van der Waals surface area contributed by atoms with E-state index in [-0.39, 0.29) is 5.91 Å². The third-order valence-electron chi connectivity index (χ3n) is 4.84. The minimum atomic E-state index is -0.0430. The topological polar surface area (TPSA) is 79.8 Å². The number of pyridine rings is 1. The standard InChI is InChI=1S/C20H23N5OS2/c1-12-18(28-13(2)22-12)16-11-27-20(24-16)25-17-9-8-14(10-21-17)19(26)23-15-6-4-3-5-7-15/h8-11,15H,3-7H2,1-2H3,(H,23,26)(H,21,24,25). The van der Waals surface area contributed by atoms with Crippen LogP contribution in [0.25, 0.3) is 10.6 Å². The SMILES string of the molecule is Cc1nc(C)c(-c2csc(Nc3ccc(C(=O)NC4CCCCC4)cn3)n2)s1. The Labute approximate surface area is 172 Å². The Kier molecular flexibility index (Phi) is 5.68. The van der Waals surface area contributed by atoms with Crippen molar-refractivity contribution in [3.8, 4) is 10.6 Å². The van der Waals surface area contributed by atoms with Crippen molar-refractivity contribution < 1.29 is 4.79 Å². The summed E-state index contributed by atoms with van der Waals surface area (Å²) in [5.74, 6) is 0.630. The molecular weight excluding hydrogens is 390 g/mol. The van der Waals surface area contributed by atoms with E-state index in [9.17, 15) is 4.79 Å². The largest absolute Gasteiger partial charge is 0.349 e. The quantitative estimate of drug-likeness (QED) is 0.609. The van der Waals surface area contributed by atoms with Gasteiger partial charge < -0.3 is 10.6 Å². The second-order valence-electron chi connectivity index (χ2n) is 7.05. The van der Waals surface area contributed by atoms with Gasteiger partial charge in [0.2, 0.25) is 0 Å². The Hall–Kier alpha value is -2.32. The highest BCUT2D eigenvalue weighted by Gasteiger charge is 2.17. The molecule has 3 aromatic rings. The van der Waals surface area contributed by atoms with Gasteiger partial charge in [-0.25, -0.2) is 15.0 Å². The lowest BCUT2D eigenvalue weighted by molar-refractivity contribution is 0.0927. The van der Waals surface area contributed by atoms with Gasteiger partial charge in [0.05, 0.1) is 26.8 Å². The zero-order valence-corrected chi connectivity index (χ0v) is 17.6. The van der Waals surface area contributed by atoms with Crippen molar-refractivity contribution in [1.29, 1.82) is 0 Å². The molecule has 2 N–H and O–H groups in total. The minimum Gasteiger partial charge on any atom is -0.349 e. The fourth-order valence-corrected chi connectivity index (χ4v) is 5.10.